The van der Waals surface area contributed by atoms with E-state index in [4.69, 9.17) is 11.2 Å². The molecule has 0 saturated carbocycles. The molecule has 1 N–H and O–H groups in total. The fourth-order valence-corrected chi connectivity index (χ4v) is 1.44. The smallest absolute Gasteiger partial charge is 0.0575 e. The predicted octanol–water partition coefficient (Wildman–Crippen LogP) is 1.03. The summed E-state index contributed by atoms with van der Waals surface area (Å²) in [4.78, 5) is 0. The molecule has 2 heteroatoms. The van der Waals surface area contributed by atoms with Gasteiger partial charge in [-0.05, 0) is 31.8 Å². The third-order valence-corrected chi connectivity index (χ3v) is 2.22. The van der Waals surface area contributed by atoms with Gasteiger partial charge in [-0.15, -0.1) is 12.3 Å². The van der Waals surface area contributed by atoms with Crippen molar-refractivity contribution in [3.63, 3.8) is 0 Å². The van der Waals surface area contributed by atoms with Crippen LogP contribution >= 0.6 is 0 Å². The lowest BCUT2D eigenvalue weighted by Crippen LogP contribution is -2.10. The van der Waals surface area contributed by atoms with Gasteiger partial charge in [0.2, 0.25) is 0 Å². The summed E-state index contributed by atoms with van der Waals surface area (Å²) in [6.07, 6.45) is 8.31. The van der Waals surface area contributed by atoms with Gasteiger partial charge in [-0.2, -0.15) is 0 Å². The van der Waals surface area contributed by atoms with E-state index in [9.17, 15) is 0 Å². The molecule has 1 aliphatic heterocycles. The molecule has 0 aromatic heterocycles. The molecule has 1 atom stereocenters. The summed E-state index contributed by atoms with van der Waals surface area (Å²) >= 11 is 0. The Kier molecular flexibility index (Phi) is 4.82. The normalized spacial score (nSPS) is 22.4. The van der Waals surface area contributed by atoms with Gasteiger partial charge in [0.1, 0.15) is 0 Å². The van der Waals surface area contributed by atoms with Crippen molar-refractivity contribution < 1.29 is 4.74 Å². The Bertz CT molecular complexity index is 144. The summed E-state index contributed by atoms with van der Waals surface area (Å²) in [6, 6.07) is 0. The summed E-state index contributed by atoms with van der Waals surface area (Å²) in [7, 11) is 0. The maximum atomic E-state index is 5.37. The molecule has 1 heterocycles. The summed E-state index contributed by atoms with van der Waals surface area (Å²) in [5.41, 5.74) is 0. The molecule has 1 unspecified atom stereocenters. The maximum absolute atomic E-state index is 5.37. The van der Waals surface area contributed by atoms with Crippen molar-refractivity contribution >= 4 is 0 Å². The van der Waals surface area contributed by atoms with E-state index in [1.165, 1.54) is 25.9 Å². The van der Waals surface area contributed by atoms with Crippen LogP contribution in [0.25, 0.3) is 0 Å². The lowest BCUT2D eigenvalue weighted by atomic mass is 10.1. The average molecular weight is 167 g/mol. The van der Waals surface area contributed by atoms with Crippen LogP contribution in [0, 0.1) is 18.3 Å². The van der Waals surface area contributed by atoms with Crippen molar-refractivity contribution in [1.29, 1.82) is 0 Å². The molecule has 2 nitrogen and oxygen atoms in total. The SMILES string of the molecule is C#CCCOCCC1CCNC1. The number of hydrogen-bond acceptors (Lipinski definition) is 2. The van der Waals surface area contributed by atoms with Crippen molar-refractivity contribution in [2.75, 3.05) is 26.3 Å². The van der Waals surface area contributed by atoms with Crippen molar-refractivity contribution in [3.8, 4) is 12.3 Å². The molecular formula is C10H17NO. The van der Waals surface area contributed by atoms with Crippen LogP contribution in [-0.4, -0.2) is 26.3 Å². The molecule has 1 aliphatic rings. The zero-order valence-electron chi connectivity index (χ0n) is 7.51. The van der Waals surface area contributed by atoms with Crippen LogP contribution in [0.2, 0.25) is 0 Å². The lowest BCUT2D eigenvalue weighted by Gasteiger charge is -2.07. The molecular weight excluding hydrogens is 150 g/mol. The Labute approximate surface area is 74.7 Å². The largest absolute Gasteiger partial charge is 0.380 e. The van der Waals surface area contributed by atoms with Crippen LogP contribution < -0.4 is 5.32 Å². The van der Waals surface area contributed by atoms with Crippen molar-refractivity contribution in [1.82, 2.24) is 5.32 Å². The van der Waals surface area contributed by atoms with Gasteiger partial charge in [0.25, 0.3) is 0 Å². The van der Waals surface area contributed by atoms with E-state index in [1.807, 2.05) is 0 Å². The first-order chi connectivity index (χ1) is 5.93. The van der Waals surface area contributed by atoms with Gasteiger partial charge in [-0.25, -0.2) is 0 Å². The Morgan fingerprint density at radius 2 is 2.42 bits per heavy atom. The fraction of sp³-hybridized carbons (Fsp3) is 0.800. The molecule has 12 heavy (non-hydrogen) atoms. The van der Waals surface area contributed by atoms with Gasteiger partial charge < -0.3 is 10.1 Å². The molecule has 0 aromatic rings. The Morgan fingerprint density at radius 1 is 1.50 bits per heavy atom. The molecule has 0 aliphatic carbocycles. The third-order valence-electron chi connectivity index (χ3n) is 2.22. The minimum absolute atomic E-state index is 0.719. The fourth-order valence-electron chi connectivity index (χ4n) is 1.44. The highest BCUT2D eigenvalue weighted by Gasteiger charge is 2.13. The van der Waals surface area contributed by atoms with Crippen LogP contribution in [0.15, 0.2) is 0 Å². The molecule has 1 saturated heterocycles. The Hall–Kier alpha value is -0.520. The Morgan fingerprint density at radius 3 is 3.08 bits per heavy atom. The van der Waals surface area contributed by atoms with Crippen LogP contribution in [-0.2, 0) is 4.74 Å². The Balaban J connectivity index is 1.85. The van der Waals surface area contributed by atoms with Crippen molar-refractivity contribution in [3.05, 3.63) is 0 Å². The van der Waals surface area contributed by atoms with E-state index >= 15 is 0 Å². The predicted molar refractivity (Wildman–Crippen MR) is 49.9 cm³/mol. The summed E-state index contributed by atoms with van der Waals surface area (Å²) in [5, 5.41) is 3.34. The minimum atomic E-state index is 0.719. The first-order valence-corrected chi connectivity index (χ1v) is 4.65. The van der Waals surface area contributed by atoms with Crippen molar-refractivity contribution in [2.45, 2.75) is 19.3 Å². The van der Waals surface area contributed by atoms with Crippen LogP contribution in [0.4, 0.5) is 0 Å². The number of terminal acetylenes is 1. The van der Waals surface area contributed by atoms with E-state index in [0.717, 1.165) is 25.6 Å². The van der Waals surface area contributed by atoms with Gasteiger partial charge >= 0.3 is 0 Å². The van der Waals surface area contributed by atoms with Gasteiger partial charge in [0, 0.05) is 13.0 Å². The highest BCUT2D eigenvalue weighted by atomic mass is 16.5. The quantitative estimate of drug-likeness (QED) is 0.487. The molecule has 0 aromatic carbocycles. The van der Waals surface area contributed by atoms with Crippen LogP contribution in [0.3, 0.4) is 0 Å². The summed E-state index contributed by atoms with van der Waals surface area (Å²) < 4.78 is 5.37. The monoisotopic (exact) mass is 167 g/mol. The maximum Gasteiger partial charge on any atom is 0.0575 e. The molecule has 1 rings (SSSR count). The first-order valence-electron chi connectivity index (χ1n) is 4.65. The zero-order chi connectivity index (χ0) is 8.65. The second-order valence-electron chi connectivity index (χ2n) is 3.21. The van der Waals surface area contributed by atoms with Crippen LogP contribution in [0.1, 0.15) is 19.3 Å². The van der Waals surface area contributed by atoms with E-state index in [-0.39, 0.29) is 0 Å². The van der Waals surface area contributed by atoms with E-state index in [2.05, 4.69) is 11.2 Å². The third kappa shape index (κ3) is 3.75. The lowest BCUT2D eigenvalue weighted by molar-refractivity contribution is 0.127. The van der Waals surface area contributed by atoms with Gasteiger partial charge in [0.15, 0.2) is 0 Å². The molecule has 68 valence electrons. The number of nitrogens with one attached hydrogen (secondary N) is 1. The molecule has 0 bridgehead atoms. The number of ether oxygens (including phenoxy) is 1. The minimum Gasteiger partial charge on any atom is -0.380 e. The topological polar surface area (TPSA) is 21.3 Å². The second-order valence-corrected chi connectivity index (χ2v) is 3.21. The zero-order valence-corrected chi connectivity index (χ0v) is 7.51. The number of rotatable bonds is 5. The molecule has 0 spiro atoms. The van der Waals surface area contributed by atoms with E-state index in [0.29, 0.717) is 0 Å². The van der Waals surface area contributed by atoms with Gasteiger partial charge in [-0.3, -0.25) is 0 Å². The summed E-state index contributed by atoms with van der Waals surface area (Å²) in [6.45, 7) is 3.93. The van der Waals surface area contributed by atoms with Gasteiger partial charge in [0.05, 0.1) is 6.61 Å². The van der Waals surface area contributed by atoms with Crippen LogP contribution in [0.5, 0.6) is 0 Å². The summed E-state index contributed by atoms with van der Waals surface area (Å²) in [5.74, 6) is 3.39. The van der Waals surface area contributed by atoms with E-state index in [1.54, 1.807) is 0 Å². The first kappa shape index (κ1) is 9.57. The standard InChI is InChI=1S/C10H17NO/c1-2-3-7-12-8-5-10-4-6-11-9-10/h1,10-11H,3-9H2. The van der Waals surface area contributed by atoms with Gasteiger partial charge in [-0.1, -0.05) is 0 Å². The molecule has 1 fully saturated rings. The molecule has 0 amide bonds. The second kappa shape index (κ2) is 6.05. The van der Waals surface area contributed by atoms with Crippen molar-refractivity contribution in [2.24, 2.45) is 5.92 Å². The highest BCUT2D eigenvalue weighted by molar-refractivity contribution is 4.82. The van der Waals surface area contributed by atoms with E-state index < -0.39 is 0 Å². The highest BCUT2D eigenvalue weighted by Crippen LogP contribution is 2.11. The number of hydrogen-bond donors (Lipinski definition) is 1. The average Bonchev–Trinajstić information content (AvgIpc) is 2.57. The molecule has 0 radical (unpaired) electrons.